The predicted molar refractivity (Wildman–Crippen MR) is 108 cm³/mol. The molecule has 3 aromatic rings. The standard InChI is InChI=1S/C23H21NO4/c1-16-12-14-19(15-13-16)24(22(25)27-20-10-6-4-8-17(20)2)23(26)28-21-11-7-5-9-18(21)3/h4-15H,1-3H3. The number of para-hydroxylation sites is 2. The van der Waals surface area contributed by atoms with Crippen LogP contribution in [0.5, 0.6) is 11.5 Å². The SMILES string of the molecule is Cc1ccc(N(C(=O)Oc2ccccc2C)C(=O)Oc2ccccc2C)cc1. The summed E-state index contributed by atoms with van der Waals surface area (Å²) in [7, 11) is 0. The number of carbonyl (C=O) groups excluding carboxylic acids is 2. The van der Waals surface area contributed by atoms with Gasteiger partial charge in [0, 0.05) is 0 Å². The van der Waals surface area contributed by atoms with Crippen molar-refractivity contribution in [2.75, 3.05) is 4.90 Å². The molecule has 0 aliphatic heterocycles. The van der Waals surface area contributed by atoms with Crippen molar-refractivity contribution in [3.63, 3.8) is 0 Å². The fourth-order valence-electron chi connectivity index (χ4n) is 2.60. The molecule has 3 rings (SSSR count). The zero-order chi connectivity index (χ0) is 20.1. The topological polar surface area (TPSA) is 55.8 Å². The second kappa shape index (κ2) is 8.39. The Morgan fingerprint density at radius 2 is 1.07 bits per heavy atom. The molecule has 0 radical (unpaired) electrons. The number of anilines is 1. The highest BCUT2D eigenvalue weighted by atomic mass is 16.6. The molecule has 0 saturated heterocycles. The molecule has 0 atom stereocenters. The van der Waals surface area contributed by atoms with E-state index in [0.717, 1.165) is 21.6 Å². The summed E-state index contributed by atoms with van der Waals surface area (Å²) in [6.45, 7) is 5.57. The van der Waals surface area contributed by atoms with E-state index < -0.39 is 12.2 Å². The maximum atomic E-state index is 12.9. The molecule has 0 aliphatic carbocycles. The number of carbonyl (C=O) groups is 2. The first-order valence-corrected chi connectivity index (χ1v) is 8.87. The molecule has 5 heteroatoms. The minimum absolute atomic E-state index is 0.364. The molecule has 142 valence electrons. The lowest BCUT2D eigenvalue weighted by Crippen LogP contribution is -2.41. The van der Waals surface area contributed by atoms with Gasteiger partial charge >= 0.3 is 12.2 Å². The van der Waals surface area contributed by atoms with Crippen LogP contribution in [-0.2, 0) is 0 Å². The highest BCUT2D eigenvalue weighted by Gasteiger charge is 2.28. The van der Waals surface area contributed by atoms with Gasteiger partial charge in [-0.25, -0.2) is 9.59 Å². The van der Waals surface area contributed by atoms with Gasteiger partial charge in [-0.3, -0.25) is 0 Å². The van der Waals surface area contributed by atoms with Crippen molar-refractivity contribution in [1.29, 1.82) is 0 Å². The van der Waals surface area contributed by atoms with E-state index in [9.17, 15) is 9.59 Å². The van der Waals surface area contributed by atoms with Gasteiger partial charge in [0.2, 0.25) is 0 Å². The van der Waals surface area contributed by atoms with Gasteiger partial charge in [0.15, 0.2) is 0 Å². The average Bonchev–Trinajstić information content (AvgIpc) is 2.67. The number of hydrogen-bond donors (Lipinski definition) is 0. The van der Waals surface area contributed by atoms with Crippen LogP contribution in [0.3, 0.4) is 0 Å². The van der Waals surface area contributed by atoms with Crippen LogP contribution in [0.1, 0.15) is 16.7 Å². The van der Waals surface area contributed by atoms with Gasteiger partial charge in [-0.1, -0.05) is 54.1 Å². The fourth-order valence-corrected chi connectivity index (χ4v) is 2.60. The molecule has 5 nitrogen and oxygen atoms in total. The Kier molecular flexibility index (Phi) is 5.75. The monoisotopic (exact) mass is 375 g/mol. The molecule has 0 bridgehead atoms. The number of nitrogens with zero attached hydrogens (tertiary/aromatic N) is 1. The molecule has 0 aliphatic rings. The normalized spacial score (nSPS) is 10.2. The Morgan fingerprint density at radius 1 is 0.643 bits per heavy atom. The third-order valence-corrected chi connectivity index (χ3v) is 4.24. The van der Waals surface area contributed by atoms with E-state index >= 15 is 0 Å². The van der Waals surface area contributed by atoms with Crippen LogP contribution in [0.4, 0.5) is 15.3 Å². The lowest BCUT2D eigenvalue weighted by molar-refractivity contribution is 0.190. The van der Waals surface area contributed by atoms with Crippen LogP contribution in [0.25, 0.3) is 0 Å². The number of amides is 2. The third kappa shape index (κ3) is 4.38. The van der Waals surface area contributed by atoms with E-state index in [1.54, 1.807) is 36.4 Å². The number of hydrogen-bond acceptors (Lipinski definition) is 4. The second-order valence-corrected chi connectivity index (χ2v) is 6.44. The van der Waals surface area contributed by atoms with Crippen LogP contribution in [-0.4, -0.2) is 12.2 Å². The van der Waals surface area contributed by atoms with Gasteiger partial charge in [-0.2, -0.15) is 4.90 Å². The largest absolute Gasteiger partial charge is 0.429 e. The molecule has 0 aromatic heterocycles. The van der Waals surface area contributed by atoms with E-state index in [0.29, 0.717) is 17.2 Å². The minimum Gasteiger partial charge on any atom is -0.409 e. The molecule has 0 saturated carbocycles. The van der Waals surface area contributed by atoms with Crippen molar-refractivity contribution < 1.29 is 19.1 Å². The van der Waals surface area contributed by atoms with Crippen molar-refractivity contribution >= 4 is 17.9 Å². The molecule has 0 spiro atoms. The van der Waals surface area contributed by atoms with Crippen LogP contribution >= 0.6 is 0 Å². The number of imide groups is 1. The highest BCUT2D eigenvalue weighted by molar-refractivity contribution is 6.10. The quantitative estimate of drug-likeness (QED) is 0.579. The zero-order valence-electron chi connectivity index (χ0n) is 16.0. The Morgan fingerprint density at radius 3 is 1.50 bits per heavy atom. The van der Waals surface area contributed by atoms with E-state index in [2.05, 4.69) is 0 Å². The van der Waals surface area contributed by atoms with Gasteiger partial charge in [-0.05, 0) is 56.2 Å². The third-order valence-electron chi connectivity index (χ3n) is 4.24. The van der Waals surface area contributed by atoms with Gasteiger partial charge in [-0.15, -0.1) is 0 Å². The molecule has 3 aromatic carbocycles. The number of benzene rings is 3. The second-order valence-electron chi connectivity index (χ2n) is 6.44. The first kappa shape index (κ1) is 19.2. The van der Waals surface area contributed by atoms with Crippen LogP contribution in [0.2, 0.25) is 0 Å². The minimum atomic E-state index is -0.836. The summed E-state index contributed by atoms with van der Waals surface area (Å²) >= 11 is 0. The molecule has 2 amide bonds. The molecule has 0 unspecified atom stereocenters. The van der Waals surface area contributed by atoms with E-state index in [1.165, 1.54) is 0 Å². The van der Waals surface area contributed by atoms with E-state index in [-0.39, 0.29) is 0 Å². The summed E-state index contributed by atoms with van der Waals surface area (Å²) < 4.78 is 10.9. The zero-order valence-corrected chi connectivity index (χ0v) is 16.0. The number of aryl methyl sites for hydroxylation is 3. The smallest absolute Gasteiger partial charge is 0.409 e. The lowest BCUT2D eigenvalue weighted by Gasteiger charge is -2.21. The Hall–Kier alpha value is -3.60. The summed E-state index contributed by atoms with van der Waals surface area (Å²) in [5.41, 5.74) is 2.94. The van der Waals surface area contributed by atoms with Gasteiger partial charge in [0.1, 0.15) is 11.5 Å². The van der Waals surface area contributed by atoms with Gasteiger partial charge in [0.25, 0.3) is 0 Å². The first-order valence-electron chi connectivity index (χ1n) is 8.87. The first-order chi connectivity index (χ1) is 13.5. The average molecular weight is 375 g/mol. The van der Waals surface area contributed by atoms with Crippen molar-refractivity contribution in [2.45, 2.75) is 20.8 Å². The Balaban J connectivity index is 1.91. The maximum Gasteiger partial charge on any atom is 0.429 e. The maximum absolute atomic E-state index is 12.9. The summed E-state index contributed by atoms with van der Waals surface area (Å²) in [5, 5.41) is 0. The summed E-state index contributed by atoms with van der Waals surface area (Å²) in [6.07, 6.45) is -1.67. The number of rotatable bonds is 3. The van der Waals surface area contributed by atoms with Crippen LogP contribution in [0.15, 0.2) is 72.8 Å². The van der Waals surface area contributed by atoms with Crippen molar-refractivity contribution in [3.05, 3.63) is 89.5 Å². The Labute approximate surface area is 164 Å². The van der Waals surface area contributed by atoms with Gasteiger partial charge < -0.3 is 9.47 Å². The molecular formula is C23H21NO4. The highest BCUT2D eigenvalue weighted by Crippen LogP contribution is 2.23. The number of ether oxygens (including phenoxy) is 2. The lowest BCUT2D eigenvalue weighted by atomic mass is 10.2. The van der Waals surface area contributed by atoms with Crippen LogP contribution in [0, 0.1) is 20.8 Å². The van der Waals surface area contributed by atoms with Crippen molar-refractivity contribution in [3.8, 4) is 11.5 Å². The molecule has 28 heavy (non-hydrogen) atoms. The van der Waals surface area contributed by atoms with E-state index in [4.69, 9.17) is 9.47 Å². The van der Waals surface area contributed by atoms with Crippen molar-refractivity contribution in [2.24, 2.45) is 0 Å². The van der Waals surface area contributed by atoms with E-state index in [1.807, 2.05) is 57.2 Å². The van der Waals surface area contributed by atoms with Crippen LogP contribution < -0.4 is 14.4 Å². The summed E-state index contributed by atoms with van der Waals surface area (Å²) in [6, 6.07) is 21.2. The fraction of sp³-hybridized carbons (Fsp3) is 0.130. The molecule has 0 heterocycles. The predicted octanol–water partition coefficient (Wildman–Crippen LogP) is 5.82. The molecular weight excluding hydrogens is 354 g/mol. The van der Waals surface area contributed by atoms with Gasteiger partial charge in [0.05, 0.1) is 5.69 Å². The van der Waals surface area contributed by atoms with Crippen molar-refractivity contribution in [1.82, 2.24) is 0 Å². The summed E-state index contributed by atoms with van der Waals surface area (Å²) in [4.78, 5) is 26.6. The molecule has 0 N–H and O–H groups in total. The Bertz CT molecular complexity index is 936. The molecule has 0 fully saturated rings. The summed E-state index contributed by atoms with van der Waals surface area (Å²) in [5.74, 6) is 0.765.